The van der Waals surface area contributed by atoms with Crippen LogP contribution < -0.4 is 4.90 Å². The molecular weight excluding hydrogens is 226 g/mol. The number of para-hydroxylation sites is 1. The van der Waals surface area contributed by atoms with Crippen molar-refractivity contribution in [3.63, 3.8) is 0 Å². The second-order valence-electron chi connectivity index (χ2n) is 5.36. The standard InChI is InChI=1S/C15H21NO2/c1-11(2)10-15(18)16-9-5-8-14(17)12-6-3-4-7-13(12)16/h3-4,6-7,11,14,17H,5,8-10H2,1-2H3. The molecule has 0 radical (unpaired) electrons. The van der Waals surface area contributed by atoms with Crippen LogP contribution in [0.25, 0.3) is 0 Å². The third kappa shape index (κ3) is 2.72. The van der Waals surface area contributed by atoms with Gasteiger partial charge in [-0.25, -0.2) is 0 Å². The van der Waals surface area contributed by atoms with E-state index in [0.717, 1.165) is 24.1 Å². The molecule has 0 fully saturated rings. The second-order valence-corrected chi connectivity index (χ2v) is 5.36. The van der Waals surface area contributed by atoms with Crippen molar-refractivity contribution in [3.8, 4) is 0 Å². The smallest absolute Gasteiger partial charge is 0.227 e. The molecule has 0 saturated heterocycles. The number of rotatable bonds is 2. The molecule has 1 aromatic carbocycles. The monoisotopic (exact) mass is 247 g/mol. The van der Waals surface area contributed by atoms with Crippen LogP contribution in [0.15, 0.2) is 24.3 Å². The first-order chi connectivity index (χ1) is 8.59. The summed E-state index contributed by atoms with van der Waals surface area (Å²) in [5, 5.41) is 10.1. The number of aliphatic hydroxyl groups excluding tert-OH is 1. The zero-order valence-electron chi connectivity index (χ0n) is 11.1. The quantitative estimate of drug-likeness (QED) is 0.873. The summed E-state index contributed by atoms with van der Waals surface area (Å²) in [5.74, 6) is 0.518. The van der Waals surface area contributed by atoms with Crippen molar-refractivity contribution >= 4 is 11.6 Å². The van der Waals surface area contributed by atoms with Crippen LogP contribution in [0, 0.1) is 5.92 Å². The summed E-state index contributed by atoms with van der Waals surface area (Å²) in [5.41, 5.74) is 1.76. The number of amides is 1. The van der Waals surface area contributed by atoms with Gasteiger partial charge in [-0.05, 0) is 24.8 Å². The lowest BCUT2D eigenvalue weighted by Crippen LogP contribution is -2.32. The van der Waals surface area contributed by atoms with Gasteiger partial charge in [0.25, 0.3) is 0 Å². The fourth-order valence-corrected chi connectivity index (χ4v) is 2.45. The third-order valence-corrected chi connectivity index (χ3v) is 3.33. The molecule has 0 aliphatic carbocycles. The summed E-state index contributed by atoms with van der Waals surface area (Å²) < 4.78 is 0. The van der Waals surface area contributed by atoms with Crippen LogP contribution in [0.1, 0.15) is 44.8 Å². The van der Waals surface area contributed by atoms with E-state index in [1.165, 1.54) is 0 Å². The maximum atomic E-state index is 12.3. The van der Waals surface area contributed by atoms with Crippen molar-refractivity contribution in [1.29, 1.82) is 0 Å². The van der Waals surface area contributed by atoms with Gasteiger partial charge in [0, 0.05) is 24.2 Å². The summed E-state index contributed by atoms with van der Waals surface area (Å²) in [7, 11) is 0. The van der Waals surface area contributed by atoms with Gasteiger partial charge in [0.15, 0.2) is 0 Å². The van der Waals surface area contributed by atoms with E-state index in [9.17, 15) is 9.90 Å². The Bertz CT molecular complexity index is 428. The van der Waals surface area contributed by atoms with Gasteiger partial charge in [0.2, 0.25) is 5.91 Å². The number of carbonyl (C=O) groups is 1. The minimum atomic E-state index is -0.446. The fraction of sp³-hybridized carbons (Fsp3) is 0.533. The minimum absolute atomic E-state index is 0.159. The second kappa shape index (κ2) is 5.53. The minimum Gasteiger partial charge on any atom is -0.388 e. The molecule has 0 aromatic heterocycles. The maximum absolute atomic E-state index is 12.3. The molecule has 1 aliphatic rings. The molecule has 3 heteroatoms. The molecule has 3 nitrogen and oxygen atoms in total. The van der Waals surface area contributed by atoms with Crippen LogP contribution in [0.2, 0.25) is 0 Å². The molecule has 0 bridgehead atoms. The third-order valence-electron chi connectivity index (χ3n) is 3.33. The van der Waals surface area contributed by atoms with Gasteiger partial charge in [0.1, 0.15) is 0 Å². The number of anilines is 1. The highest BCUT2D eigenvalue weighted by molar-refractivity contribution is 5.94. The lowest BCUT2D eigenvalue weighted by atomic mass is 10.0. The van der Waals surface area contributed by atoms with E-state index < -0.39 is 6.10 Å². The number of hydrogen-bond donors (Lipinski definition) is 1. The molecule has 1 amide bonds. The zero-order chi connectivity index (χ0) is 13.1. The number of nitrogens with zero attached hydrogens (tertiary/aromatic N) is 1. The van der Waals surface area contributed by atoms with Gasteiger partial charge >= 0.3 is 0 Å². The van der Waals surface area contributed by atoms with Crippen LogP contribution in [-0.2, 0) is 4.79 Å². The Labute approximate surface area is 108 Å². The van der Waals surface area contributed by atoms with E-state index in [2.05, 4.69) is 13.8 Å². The number of fused-ring (bicyclic) bond motifs is 1. The number of hydrogen-bond acceptors (Lipinski definition) is 2. The molecule has 1 heterocycles. The Kier molecular flexibility index (Phi) is 4.02. The fourth-order valence-electron chi connectivity index (χ4n) is 2.45. The van der Waals surface area contributed by atoms with Crippen LogP contribution in [-0.4, -0.2) is 17.6 Å². The molecule has 1 atom stereocenters. The van der Waals surface area contributed by atoms with Gasteiger partial charge in [-0.3, -0.25) is 4.79 Å². The molecular formula is C15H21NO2. The molecule has 1 aromatic rings. The van der Waals surface area contributed by atoms with Crippen LogP contribution >= 0.6 is 0 Å². The first-order valence-corrected chi connectivity index (χ1v) is 6.67. The summed E-state index contributed by atoms with van der Waals surface area (Å²) >= 11 is 0. The highest BCUT2D eigenvalue weighted by atomic mass is 16.3. The Hall–Kier alpha value is -1.35. The molecule has 1 aliphatic heterocycles. The highest BCUT2D eigenvalue weighted by Gasteiger charge is 2.25. The number of aliphatic hydroxyl groups is 1. The van der Waals surface area contributed by atoms with Gasteiger partial charge in [0.05, 0.1) is 6.10 Å². The Balaban J connectivity index is 2.31. The van der Waals surface area contributed by atoms with Crippen LogP contribution in [0.3, 0.4) is 0 Å². The predicted molar refractivity (Wildman–Crippen MR) is 72.4 cm³/mol. The topological polar surface area (TPSA) is 40.5 Å². The van der Waals surface area contributed by atoms with E-state index in [1.54, 1.807) is 0 Å². The van der Waals surface area contributed by atoms with Gasteiger partial charge in [-0.1, -0.05) is 32.0 Å². The average molecular weight is 247 g/mol. The SMILES string of the molecule is CC(C)CC(=O)N1CCCC(O)c2ccccc21. The Morgan fingerprint density at radius 1 is 1.44 bits per heavy atom. The van der Waals surface area contributed by atoms with E-state index in [4.69, 9.17) is 0 Å². The summed E-state index contributed by atoms with van der Waals surface area (Å²) in [6.45, 7) is 4.81. The van der Waals surface area contributed by atoms with E-state index in [-0.39, 0.29) is 5.91 Å². The molecule has 0 spiro atoms. The summed E-state index contributed by atoms with van der Waals surface area (Å²) in [6, 6.07) is 7.69. The van der Waals surface area contributed by atoms with Crippen molar-refractivity contribution < 1.29 is 9.90 Å². The lowest BCUT2D eigenvalue weighted by molar-refractivity contribution is -0.119. The molecule has 18 heavy (non-hydrogen) atoms. The summed E-state index contributed by atoms with van der Waals surface area (Å²) in [4.78, 5) is 14.1. The van der Waals surface area contributed by atoms with Crippen molar-refractivity contribution in [2.75, 3.05) is 11.4 Å². The first-order valence-electron chi connectivity index (χ1n) is 6.67. The summed E-state index contributed by atoms with van der Waals surface area (Å²) in [6.07, 6.45) is 1.69. The van der Waals surface area contributed by atoms with E-state index in [0.29, 0.717) is 18.9 Å². The molecule has 2 rings (SSSR count). The van der Waals surface area contributed by atoms with Crippen LogP contribution in [0.5, 0.6) is 0 Å². The van der Waals surface area contributed by atoms with E-state index in [1.807, 2.05) is 29.2 Å². The van der Waals surface area contributed by atoms with Crippen molar-refractivity contribution in [2.24, 2.45) is 5.92 Å². The van der Waals surface area contributed by atoms with Crippen molar-refractivity contribution in [3.05, 3.63) is 29.8 Å². The van der Waals surface area contributed by atoms with Crippen molar-refractivity contribution in [2.45, 2.75) is 39.2 Å². The largest absolute Gasteiger partial charge is 0.388 e. The van der Waals surface area contributed by atoms with Gasteiger partial charge in [-0.2, -0.15) is 0 Å². The first kappa shape index (κ1) is 13.1. The number of carbonyl (C=O) groups excluding carboxylic acids is 1. The highest BCUT2D eigenvalue weighted by Crippen LogP contribution is 2.33. The van der Waals surface area contributed by atoms with E-state index >= 15 is 0 Å². The predicted octanol–water partition coefficient (Wildman–Crippen LogP) is 2.89. The normalized spacial score (nSPS) is 19.6. The van der Waals surface area contributed by atoms with Crippen molar-refractivity contribution in [1.82, 2.24) is 0 Å². The van der Waals surface area contributed by atoms with Crippen LogP contribution in [0.4, 0.5) is 5.69 Å². The molecule has 1 unspecified atom stereocenters. The average Bonchev–Trinajstić information content (AvgIpc) is 2.49. The Morgan fingerprint density at radius 2 is 2.17 bits per heavy atom. The molecule has 0 saturated carbocycles. The van der Waals surface area contributed by atoms with Gasteiger partial charge < -0.3 is 10.0 Å². The molecule has 1 N–H and O–H groups in total. The number of benzene rings is 1. The zero-order valence-corrected chi connectivity index (χ0v) is 11.1. The lowest BCUT2D eigenvalue weighted by Gasteiger charge is -2.24. The van der Waals surface area contributed by atoms with Gasteiger partial charge in [-0.15, -0.1) is 0 Å². The Morgan fingerprint density at radius 3 is 2.89 bits per heavy atom. The molecule has 98 valence electrons. The maximum Gasteiger partial charge on any atom is 0.227 e.